The summed E-state index contributed by atoms with van der Waals surface area (Å²) < 4.78 is 4.96. The molecule has 23 heavy (non-hydrogen) atoms. The Balaban J connectivity index is 1.90. The van der Waals surface area contributed by atoms with Crippen LogP contribution in [0.3, 0.4) is 0 Å². The van der Waals surface area contributed by atoms with E-state index < -0.39 is 11.9 Å². The van der Waals surface area contributed by atoms with E-state index in [-0.39, 0.29) is 17.9 Å². The van der Waals surface area contributed by atoms with Gasteiger partial charge < -0.3 is 15.8 Å². The fourth-order valence-electron chi connectivity index (χ4n) is 1.78. The summed E-state index contributed by atoms with van der Waals surface area (Å²) in [4.78, 5) is 24.7. The number of nitrogens with two attached hydrogens (primary N) is 1. The number of halogens is 1. The van der Waals surface area contributed by atoms with Crippen LogP contribution in [0.4, 0.5) is 11.4 Å². The van der Waals surface area contributed by atoms with Gasteiger partial charge in [0.2, 0.25) is 0 Å². The maximum absolute atomic E-state index is 11.9. The molecule has 0 aliphatic heterocycles. The number of hydrogen-bond donors (Lipinski definition) is 2. The number of anilines is 2. The van der Waals surface area contributed by atoms with E-state index in [0.717, 1.165) is 4.90 Å². The van der Waals surface area contributed by atoms with Crippen molar-refractivity contribution in [2.45, 2.75) is 4.90 Å². The van der Waals surface area contributed by atoms with Crippen LogP contribution in [0.5, 0.6) is 0 Å². The Bertz CT molecular complexity index is 737. The molecule has 1 amide bonds. The van der Waals surface area contributed by atoms with E-state index >= 15 is 0 Å². The van der Waals surface area contributed by atoms with Crippen molar-refractivity contribution in [2.24, 2.45) is 0 Å². The first-order chi connectivity index (χ1) is 11.0. The predicted octanol–water partition coefficient (Wildman–Crippen LogP) is 3.44. The van der Waals surface area contributed by atoms with Crippen LogP contribution in [0, 0.1) is 0 Å². The van der Waals surface area contributed by atoms with Gasteiger partial charge in [-0.05, 0) is 42.7 Å². The monoisotopic (exact) mass is 350 g/mol. The smallest absolute Gasteiger partial charge is 0.338 e. The van der Waals surface area contributed by atoms with Crippen molar-refractivity contribution in [2.75, 3.05) is 23.9 Å². The van der Waals surface area contributed by atoms with Crippen molar-refractivity contribution >= 4 is 46.6 Å². The fourth-order valence-corrected chi connectivity index (χ4v) is 2.36. The number of carbonyl (C=O) groups is 2. The lowest BCUT2D eigenvalue weighted by molar-refractivity contribution is -0.119. The third-order valence-electron chi connectivity index (χ3n) is 2.92. The van der Waals surface area contributed by atoms with Gasteiger partial charge >= 0.3 is 5.97 Å². The number of esters is 1. The van der Waals surface area contributed by atoms with Gasteiger partial charge in [0.25, 0.3) is 5.91 Å². The molecule has 0 unspecified atom stereocenters. The van der Waals surface area contributed by atoms with Crippen LogP contribution in [0.15, 0.2) is 47.4 Å². The zero-order valence-electron chi connectivity index (χ0n) is 12.3. The van der Waals surface area contributed by atoms with Gasteiger partial charge in [0.05, 0.1) is 16.3 Å². The van der Waals surface area contributed by atoms with Crippen molar-refractivity contribution in [1.29, 1.82) is 0 Å². The highest BCUT2D eigenvalue weighted by molar-refractivity contribution is 7.98. The van der Waals surface area contributed by atoms with E-state index in [9.17, 15) is 9.59 Å². The van der Waals surface area contributed by atoms with Gasteiger partial charge in [-0.1, -0.05) is 17.7 Å². The van der Waals surface area contributed by atoms with Crippen LogP contribution in [0.1, 0.15) is 10.4 Å². The zero-order chi connectivity index (χ0) is 16.8. The SMILES string of the molecule is CSc1cccc(NC(=O)COC(=O)c2ccc(Cl)c(N)c2)c1. The van der Waals surface area contributed by atoms with Crippen LogP contribution in [-0.2, 0) is 9.53 Å². The third kappa shape index (κ3) is 4.91. The van der Waals surface area contributed by atoms with Gasteiger partial charge in [-0.25, -0.2) is 4.79 Å². The normalized spacial score (nSPS) is 10.2. The minimum Gasteiger partial charge on any atom is -0.452 e. The highest BCUT2D eigenvalue weighted by Crippen LogP contribution is 2.20. The second-order valence-electron chi connectivity index (χ2n) is 4.59. The Kier molecular flexibility index (Phi) is 5.90. The average Bonchev–Trinajstić information content (AvgIpc) is 2.55. The summed E-state index contributed by atoms with van der Waals surface area (Å²) in [5.74, 6) is -1.06. The van der Waals surface area contributed by atoms with Gasteiger partial charge in [-0.3, -0.25) is 4.79 Å². The van der Waals surface area contributed by atoms with Crippen LogP contribution in [-0.4, -0.2) is 24.7 Å². The zero-order valence-corrected chi connectivity index (χ0v) is 13.9. The topological polar surface area (TPSA) is 81.4 Å². The Hall–Kier alpha value is -2.18. The Morgan fingerprint density at radius 3 is 2.74 bits per heavy atom. The largest absolute Gasteiger partial charge is 0.452 e. The summed E-state index contributed by atoms with van der Waals surface area (Å²) >= 11 is 7.35. The molecule has 0 bridgehead atoms. The van der Waals surface area contributed by atoms with Gasteiger partial charge in [0.1, 0.15) is 0 Å². The minimum atomic E-state index is -0.638. The van der Waals surface area contributed by atoms with Gasteiger partial charge in [-0.15, -0.1) is 11.8 Å². The standard InChI is InChI=1S/C16H15ClN2O3S/c1-23-12-4-2-3-11(8-12)19-15(20)9-22-16(21)10-5-6-13(17)14(18)7-10/h2-8H,9,18H2,1H3,(H,19,20). The lowest BCUT2D eigenvalue weighted by atomic mass is 10.2. The van der Waals surface area contributed by atoms with Crippen LogP contribution >= 0.6 is 23.4 Å². The molecule has 0 aromatic heterocycles. The number of nitrogen functional groups attached to an aromatic ring is 1. The summed E-state index contributed by atoms with van der Waals surface area (Å²) in [6.45, 7) is -0.384. The molecule has 0 saturated heterocycles. The number of hydrogen-bond acceptors (Lipinski definition) is 5. The molecule has 120 valence electrons. The average molecular weight is 351 g/mol. The maximum atomic E-state index is 11.9. The maximum Gasteiger partial charge on any atom is 0.338 e. The first-order valence-electron chi connectivity index (χ1n) is 6.65. The molecular weight excluding hydrogens is 336 g/mol. The summed E-state index contributed by atoms with van der Waals surface area (Å²) in [7, 11) is 0. The summed E-state index contributed by atoms with van der Waals surface area (Å²) in [6.07, 6.45) is 1.94. The molecule has 0 fully saturated rings. The van der Waals surface area contributed by atoms with Crippen LogP contribution in [0.2, 0.25) is 5.02 Å². The van der Waals surface area contributed by atoms with E-state index in [2.05, 4.69) is 5.32 Å². The molecule has 0 spiro atoms. The fraction of sp³-hybridized carbons (Fsp3) is 0.125. The molecule has 0 radical (unpaired) electrons. The Labute approximate surface area is 143 Å². The molecule has 3 N–H and O–H groups in total. The lowest BCUT2D eigenvalue weighted by Gasteiger charge is -2.08. The van der Waals surface area contributed by atoms with Crippen LogP contribution in [0.25, 0.3) is 0 Å². The Morgan fingerprint density at radius 2 is 2.04 bits per heavy atom. The third-order valence-corrected chi connectivity index (χ3v) is 3.99. The van der Waals surface area contributed by atoms with E-state index in [1.54, 1.807) is 17.8 Å². The molecule has 0 aliphatic rings. The number of amides is 1. The molecule has 2 aromatic carbocycles. The Morgan fingerprint density at radius 1 is 1.26 bits per heavy atom. The molecule has 0 aliphatic carbocycles. The molecule has 2 aromatic rings. The molecule has 0 atom stereocenters. The van der Waals surface area contributed by atoms with Gasteiger partial charge in [0.15, 0.2) is 6.61 Å². The number of benzene rings is 2. The van der Waals surface area contributed by atoms with Crippen molar-refractivity contribution in [1.82, 2.24) is 0 Å². The summed E-state index contributed by atoms with van der Waals surface area (Å²) in [6, 6.07) is 11.8. The minimum absolute atomic E-state index is 0.240. The molecule has 2 rings (SSSR count). The van der Waals surface area contributed by atoms with Gasteiger partial charge in [0, 0.05) is 10.6 Å². The van der Waals surface area contributed by atoms with Crippen LogP contribution < -0.4 is 11.1 Å². The molecule has 7 heteroatoms. The number of thioether (sulfide) groups is 1. The van der Waals surface area contributed by atoms with Crippen molar-refractivity contribution in [3.8, 4) is 0 Å². The molecule has 0 saturated carbocycles. The van der Waals surface area contributed by atoms with Gasteiger partial charge in [-0.2, -0.15) is 0 Å². The number of carbonyl (C=O) groups excluding carboxylic acids is 2. The summed E-state index contributed by atoms with van der Waals surface area (Å²) in [5.41, 5.74) is 6.79. The number of ether oxygens (including phenoxy) is 1. The highest BCUT2D eigenvalue weighted by atomic mass is 35.5. The molecule has 5 nitrogen and oxygen atoms in total. The molecular formula is C16H15ClN2O3S. The van der Waals surface area contributed by atoms with Crippen molar-refractivity contribution in [3.05, 3.63) is 53.1 Å². The molecule has 0 heterocycles. The summed E-state index contributed by atoms with van der Waals surface area (Å²) in [5, 5.41) is 3.02. The van der Waals surface area contributed by atoms with Crippen molar-refractivity contribution in [3.63, 3.8) is 0 Å². The van der Waals surface area contributed by atoms with Crippen molar-refractivity contribution < 1.29 is 14.3 Å². The van der Waals surface area contributed by atoms with E-state index in [0.29, 0.717) is 10.7 Å². The first-order valence-corrected chi connectivity index (χ1v) is 8.26. The van der Waals surface area contributed by atoms with E-state index in [1.165, 1.54) is 18.2 Å². The quantitative estimate of drug-likeness (QED) is 0.490. The predicted molar refractivity (Wildman–Crippen MR) is 93.0 cm³/mol. The van der Waals surface area contributed by atoms with E-state index in [1.807, 2.05) is 24.5 Å². The second kappa shape index (κ2) is 7.89. The van der Waals surface area contributed by atoms with E-state index in [4.69, 9.17) is 22.1 Å². The number of nitrogens with one attached hydrogen (secondary N) is 1. The lowest BCUT2D eigenvalue weighted by Crippen LogP contribution is -2.21. The number of rotatable bonds is 5. The first kappa shape index (κ1) is 17.2. The highest BCUT2D eigenvalue weighted by Gasteiger charge is 2.12. The second-order valence-corrected chi connectivity index (χ2v) is 5.88.